The molecule has 3 fully saturated rings. The summed E-state index contributed by atoms with van der Waals surface area (Å²) in [7, 11) is 2.32. The van der Waals surface area contributed by atoms with Gasteiger partial charge in [-0.15, -0.1) is 0 Å². The van der Waals surface area contributed by atoms with Gasteiger partial charge in [-0.25, -0.2) is 0 Å². The molecule has 3 nitrogen and oxygen atoms in total. The van der Waals surface area contributed by atoms with Crippen LogP contribution in [0.3, 0.4) is 0 Å². The molecule has 19 heavy (non-hydrogen) atoms. The molecule has 3 rings (SSSR count). The highest BCUT2D eigenvalue weighted by atomic mass is 15.3. The number of nitrogens with two attached hydrogens (primary N) is 1. The quantitative estimate of drug-likeness (QED) is 0.829. The summed E-state index contributed by atoms with van der Waals surface area (Å²) >= 11 is 0. The average Bonchev–Trinajstić information content (AvgIpc) is 2.62. The molecule has 0 aliphatic carbocycles. The minimum absolute atomic E-state index is 0.314. The van der Waals surface area contributed by atoms with E-state index in [2.05, 4.69) is 30.7 Å². The Labute approximate surface area is 118 Å². The number of rotatable bonds is 2. The van der Waals surface area contributed by atoms with Gasteiger partial charge in [0.25, 0.3) is 0 Å². The van der Waals surface area contributed by atoms with E-state index in [1.807, 2.05) is 0 Å². The molecule has 2 unspecified atom stereocenters. The summed E-state index contributed by atoms with van der Waals surface area (Å²) in [5.74, 6) is 0. The van der Waals surface area contributed by atoms with Crippen LogP contribution in [0.15, 0.2) is 0 Å². The van der Waals surface area contributed by atoms with E-state index in [0.717, 1.165) is 18.6 Å². The normalized spacial score (nSPS) is 43.6. The molecule has 0 radical (unpaired) electrons. The molecule has 0 spiro atoms. The second-order valence-electron chi connectivity index (χ2n) is 8.04. The van der Waals surface area contributed by atoms with Gasteiger partial charge >= 0.3 is 0 Å². The van der Waals surface area contributed by atoms with Crippen LogP contribution in [-0.2, 0) is 0 Å². The predicted molar refractivity (Wildman–Crippen MR) is 80.2 cm³/mol. The largest absolute Gasteiger partial charge is 0.329 e. The third kappa shape index (κ3) is 2.34. The van der Waals surface area contributed by atoms with E-state index in [0.29, 0.717) is 11.0 Å². The first-order valence-corrected chi connectivity index (χ1v) is 8.13. The lowest BCUT2D eigenvalue weighted by molar-refractivity contribution is -0.0273. The maximum atomic E-state index is 6.27. The van der Waals surface area contributed by atoms with E-state index >= 15 is 0 Å². The zero-order chi connectivity index (χ0) is 13.7. The third-order valence-corrected chi connectivity index (χ3v) is 6.38. The van der Waals surface area contributed by atoms with E-state index in [1.165, 1.54) is 51.6 Å². The van der Waals surface area contributed by atoms with Crippen LogP contribution in [0.5, 0.6) is 0 Å². The monoisotopic (exact) mass is 265 g/mol. The van der Waals surface area contributed by atoms with E-state index < -0.39 is 0 Å². The number of likely N-dealkylation sites (tertiary alicyclic amines) is 1. The van der Waals surface area contributed by atoms with Crippen molar-refractivity contribution in [3.8, 4) is 0 Å². The highest BCUT2D eigenvalue weighted by Crippen LogP contribution is 2.44. The molecule has 0 aromatic carbocycles. The summed E-state index contributed by atoms with van der Waals surface area (Å²) in [5, 5.41) is 0. The molecule has 3 saturated heterocycles. The molecule has 0 aromatic heterocycles. The minimum Gasteiger partial charge on any atom is -0.329 e. The average molecular weight is 265 g/mol. The first-order valence-electron chi connectivity index (χ1n) is 8.13. The van der Waals surface area contributed by atoms with E-state index in [1.54, 1.807) is 0 Å². The van der Waals surface area contributed by atoms with Crippen molar-refractivity contribution in [1.29, 1.82) is 0 Å². The predicted octanol–water partition coefficient (Wildman–Crippen LogP) is 2.06. The molecule has 3 aliphatic rings. The van der Waals surface area contributed by atoms with Crippen molar-refractivity contribution in [3.63, 3.8) is 0 Å². The molecular weight excluding hydrogens is 234 g/mol. The van der Waals surface area contributed by atoms with E-state index in [4.69, 9.17) is 5.73 Å². The second kappa shape index (κ2) is 4.71. The molecule has 110 valence electrons. The van der Waals surface area contributed by atoms with Crippen molar-refractivity contribution in [2.45, 2.75) is 70.0 Å². The minimum atomic E-state index is 0.314. The SMILES string of the molecule is CN1C2CCC1CC(CN)(N1CCC(C)(C)CC1)C2. The lowest BCUT2D eigenvalue weighted by Gasteiger charge is -2.53. The van der Waals surface area contributed by atoms with Gasteiger partial charge in [-0.3, -0.25) is 4.90 Å². The van der Waals surface area contributed by atoms with Crippen LogP contribution in [0.25, 0.3) is 0 Å². The van der Waals surface area contributed by atoms with Crippen LogP contribution in [-0.4, -0.2) is 54.1 Å². The highest BCUT2D eigenvalue weighted by molar-refractivity contribution is 5.07. The van der Waals surface area contributed by atoms with Crippen molar-refractivity contribution in [3.05, 3.63) is 0 Å². The molecule has 3 heterocycles. The fourth-order valence-electron chi connectivity index (χ4n) is 4.68. The molecule has 0 saturated carbocycles. The fourth-order valence-corrected chi connectivity index (χ4v) is 4.68. The van der Waals surface area contributed by atoms with Gasteiger partial charge in [-0.1, -0.05) is 13.8 Å². The molecule has 3 heteroatoms. The zero-order valence-corrected chi connectivity index (χ0v) is 13.0. The highest BCUT2D eigenvalue weighted by Gasteiger charge is 2.49. The molecule has 2 bridgehead atoms. The standard InChI is InChI=1S/C16H31N3/c1-15(2)6-8-19(9-7-15)16(12-17)10-13-4-5-14(11-16)18(13)3/h13-14H,4-12,17H2,1-3H3. The van der Waals surface area contributed by atoms with Crippen LogP contribution >= 0.6 is 0 Å². The number of hydrogen-bond acceptors (Lipinski definition) is 3. The Morgan fingerprint density at radius 3 is 2.05 bits per heavy atom. The molecule has 2 atom stereocenters. The Balaban J connectivity index is 1.74. The number of piperidine rings is 2. The van der Waals surface area contributed by atoms with Crippen molar-refractivity contribution < 1.29 is 0 Å². The van der Waals surface area contributed by atoms with Gasteiger partial charge in [-0.05, 0) is 64.1 Å². The number of fused-ring (bicyclic) bond motifs is 2. The first kappa shape index (κ1) is 13.8. The Morgan fingerprint density at radius 2 is 1.58 bits per heavy atom. The van der Waals surface area contributed by atoms with Crippen LogP contribution < -0.4 is 5.73 Å². The van der Waals surface area contributed by atoms with Gasteiger partial charge < -0.3 is 10.6 Å². The Morgan fingerprint density at radius 1 is 1.05 bits per heavy atom. The Bertz CT molecular complexity index is 315. The maximum Gasteiger partial charge on any atom is 0.0361 e. The van der Waals surface area contributed by atoms with Gasteiger partial charge in [0.15, 0.2) is 0 Å². The van der Waals surface area contributed by atoms with Crippen molar-refractivity contribution in [2.24, 2.45) is 11.1 Å². The van der Waals surface area contributed by atoms with E-state index in [-0.39, 0.29) is 0 Å². The second-order valence-corrected chi connectivity index (χ2v) is 8.04. The first-order chi connectivity index (χ1) is 8.96. The summed E-state index contributed by atoms with van der Waals surface area (Å²) in [5.41, 5.74) is 7.13. The van der Waals surface area contributed by atoms with Crippen LogP contribution in [0, 0.1) is 5.41 Å². The van der Waals surface area contributed by atoms with Gasteiger partial charge in [0.05, 0.1) is 0 Å². The third-order valence-electron chi connectivity index (χ3n) is 6.38. The molecule has 0 aromatic rings. The molecule has 2 N–H and O–H groups in total. The van der Waals surface area contributed by atoms with Crippen molar-refractivity contribution in [2.75, 3.05) is 26.7 Å². The topological polar surface area (TPSA) is 32.5 Å². The van der Waals surface area contributed by atoms with Gasteiger partial charge in [0.1, 0.15) is 0 Å². The summed E-state index contributed by atoms with van der Waals surface area (Å²) in [4.78, 5) is 5.39. The maximum absolute atomic E-state index is 6.27. The van der Waals surface area contributed by atoms with Gasteiger partial charge in [-0.2, -0.15) is 0 Å². The molecule has 0 amide bonds. The Kier molecular flexibility index (Phi) is 3.43. The van der Waals surface area contributed by atoms with Crippen LogP contribution in [0.4, 0.5) is 0 Å². The van der Waals surface area contributed by atoms with Gasteiger partial charge in [0, 0.05) is 24.2 Å². The number of hydrogen-bond donors (Lipinski definition) is 1. The molecular formula is C16H31N3. The van der Waals surface area contributed by atoms with Crippen LogP contribution in [0.2, 0.25) is 0 Å². The smallest absolute Gasteiger partial charge is 0.0361 e. The number of nitrogens with zero attached hydrogens (tertiary/aromatic N) is 2. The van der Waals surface area contributed by atoms with Crippen molar-refractivity contribution in [1.82, 2.24) is 9.80 Å². The zero-order valence-electron chi connectivity index (χ0n) is 13.0. The summed E-state index contributed by atoms with van der Waals surface area (Å²) in [6.45, 7) is 8.20. The lowest BCUT2D eigenvalue weighted by Crippen LogP contribution is -2.63. The lowest BCUT2D eigenvalue weighted by atomic mass is 9.76. The summed E-state index contributed by atoms with van der Waals surface area (Å²) in [6, 6.07) is 1.58. The summed E-state index contributed by atoms with van der Waals surface area (Å²) < 4.78 is 0. The fraction of sp³-hybridized carbons (Fsp3) is 1.00. The Hall–Kier alpha value is -0.120. The van der Waals surface area contributed by atoms with Gasteiger partial charge in [0.2, 0.25) is 0 Å². The summed E-state index contributed by atoms with van der Waals surface area (Å²) in [6.07, 6.45) is 8.05. The molecule has 3 aliphatic heterocycles. The van der Waals surface area contributed by atoms with Crippen molar-refractivity contribution >= 4 is 0 Å². The van der Waals surface area contributed by atoms with E-state index in [9.17, 15) is 0 Å². The van der Waals surface area contributed by atoms with Crippen LogP contribution in [0.1, 0.15) is 52.4 Å².